The third-order valence-corrected chi connectivity index (χ3v) is 4.06. The van der Waals surface area contributed by atoms with Gasteiger partial charge < -0.3 is 0 Å². The van der Waals surface area contributed by atoms with Gasteiger partial charge in [-0.25, -0.2) is 9.97 Å². The summed E-state index contributed by atoms with van der Waals surface area (Å²) in [7, 11) is 0. The van der Waals surface area contributed by atoms with E-state index < -0.39 is 0 Å². The van der Waals surface area contributed by atoms with Crippen LogP contribution in [-0.4, -0.2) is 20.7 Å². The van der Waals surface area contributed by atoms with Crippen molar-refractivity contribution in [3.8, 4) is 11.5 Å². The smallest absolute Gasteiger partial charge is 0.179 e. The zero-order chi connectivity index (χ0) is 14.3. The molecule has 3 rings (SSSR count). The second kappa shape index (κ2) is 4.74. The molecule has 0 atom stereocenters. The van der Waals surface area contributed by atoms with E-state index in [2.05, 4.69) is 44.7 Å². The summed E-state index contributed by atoms with van der Waals surface area (Å²) >= 11 is 3.45. The minimum Gasteiger partial charge on any atom is -0.294 e. The van der Waals surface area contributed by atoms with Crippen molar-refractivity contribution in [3.05, 3.63) is 40.3 Å². The van der Waals surface area contributed by atoms with Crippen LogP contribution in [0.3, 0.4) is 0 Å². The maximum Gasteiger partial charge on any atom is 0.179 e. The van der Waals surface area contributed by atoms with E-state index in [1.54, 1.807) is 12.4 Å². The topological polar surface area (TPSA) is 55.7 Å². The van der Waals surface area contributed by atoms with Crippen molar-refractivity contribution in [1.82, 2.24) is 15.0 Å². The van der Waals surface area contributed by atoms with Gasteiger partial charge in [0.05, 0.1) is 11.3 Å². The van der Waals surface area contributed by atoms with E-state index in [1.165, 1.54) is 0 Å². The lowest BCUT2D eigenvalue weighted by Crippen LogP contribution is -2.28. The Kier molecular flexibility index (Phi) is 3.17. The number of hydrogen-bond acceptors (Lipinski definition) is 4. The van der Waals surface area contributed by atoms with E-state index in [4.69, 9.17) is 0 Å². The summed E-state index contributed by atoms with van der Waals surface area (Å²) in [5, 5.41) is 0. The number of nitrogens with zero attached hydrogens (tertiary/aromatic N) is 3. The molecule has 20 heavy (non-hydrogen) atoms. The maximum absolute atomic E-state index is 12.1. The summed E-state index contributed by atoms with van der Waals surface area (Å²) in [4.78, 5) is 25.3. The molecule has 0 unspecified atom stereocenters. The molecule has 4 nitrogen and oxygen atoms in total. The number of aromatic nitrogens is 3. The van der Waals surface area contributed by atoms with E-state index in [-0.39, 0.29) is 11.2 Å². The molecule has 0 aliphatic heterocycles. The van der Waals surface area contributed by atoms with Crippen LogP contribution in [0.15, 0.2) is 29.0 Å². The molecule has 0 aromatic carbocycles. The molecular weight excluding hydrogens is 318 g/mol. The summed E-state index contributed by atoms with van der Waals surface area (Å²) in [6.07, 6.45) is 4.68. The zero-order valence-electron chi connectivity index (χ0n) is 11.4. The molecule has 0 spiro atoms. The van der Waals surface area contributed by atoms with Gasteiger partial charge in [0.2, 0.25) is 0 Å². The van der Waals surface area contributed by atoms with Gasteiger partial charge in [0, 0.05) is 23.3 Å². The molecule has 0 fully saturated rings. The van der Waals surface area contributed by atoms with Crippen LogP contribution in [0.2, 0.25) is 0 Å². The lowest BCUT2D eigenvalue weighted by molar-refractivity contribution is 0.0910. The summed E-state index contributed by atoms with van der Waals surface area (Å²) in [6, 6.07) is 3.75. The Morgan fingerprint density at radius 2 is 2.05 bits per heavy atom. The van der Waals surface area contributed by atoms with Crippen LogP contribution >= 0.6 is 15.9 Å². The Labute approximate surface area is 125 Å². The fourth-order valence-corrected chi connectivity index (χ4v) is 2.93. The average Bonchev–Trinajstić information content (AvgIpc) is 2.37. The average molecular weight is 332 g/mol. The van der Waals surface area contributed by atoms with Crippen molar-refractivity contribution in [2.45, 2.75) is 26.7 Å². The first-order chi connectivity index (χ1) is 9.46. The standard InChI is InChI=1S/C15H14BrN3O/c1-15(2)6-11-9(12(20)7-15)8-18-14(19-11)13-10(16)4-3-5-17-13/h3-5,8H,6-7H2,1-2H3. The highest BCUT2D eigenvalue weighted by Crippen LogP contribution is 2.34. The van der Waals surface area contributed by atoms with Gasteiger partial charge in [-0.15, -0.1) is 0 Å². The van der Waals surface area contributed by atoms with Gasteiger partial charge >= 0.3 is 0 Å². The number of Topliss-reactive ketones (excluding diaryl/α,β-unsaturated/α-hetero) is 1. The van der Waals surface area contributed by atoms with Gasteiger partial charge in [0.25, 0.3) is 0 Å². The Bertz CT molecular complexity index is 697. The van der Waals surface area contributed by atoms with Gasteiger partial charge in [-0.1, -0.05) is 13.8 Å². The van der Waals surface area contributed by atoms with Crippen molar-refractivity contribution in [2.24, 2.45) is 5.41 Å². The minimum absolute atomic E-state index is 0.0446. The number of halogens is 1. The quantitative estimate of drug-likeness (QED) is 0.802. The van der Waals surface area contributed by atoms with Crippen molar-refractivity contribution in [1.29, 1.82) is 0 Å². The number of rotatable bonds is 1. The van der Waals surface area contributed by atoms with Gasteiger partial charge in [0.15, 0.2) is 11.6 Å². The van der Waals surface area contributed by atoms with Crippen LogP contribution < -0.4 is 0 Å². The van der Waals surface area contributed by atoms with Crippen molar-refractivity contribution in [2.75, 3.05) is 0 Å². The normalized spacial score (nSPS) is 16.9. The number of pyridine rings is 1. The third kappa shape index (κ3) is 2.38. The predicted octanol–water partition coefficient (Wildman–Crippen LogP) is 3.46. The fourth-order valence-electron chi connectivity index (χ4n) is 2.49. The van der Waals surface area contributed by atoms with Gasteiger partial charge in [-0.2, -0.15) is 0 Å². The Balaban J connectivity index is 2.10. The lowest BCUT2D eigenvalue weighted by Gasteiger charge is -2.29. The largest absolute Gasteiger partial charge is 0.294 e. The van der Waals surface area contributed by atoms with Gasteiger partial charge in [-0.3, -0.25) is 9.78 Å². The Hall–Kier alpha value is -1.62. The van der Waals surface area contributed by atoms with Crippen LogP contribution in [0, 0.1) is 5.41 Å². The molecule has 1 aliphatic carbocycles. The summed E-state index contributed by atoms with van der Waals surface area (Å²) < 4.78 is 0.848. The highest BCUT2D eigenvalue weighted by Gasteiger charge is 2.32. The molecule has 0 amide bonds. The number of hydrogen-bond donors (Lipinski definition) is 0. The molecule has 2 aromatic rings. The molecular formula is C15H14BrN3O. The maximum atomic E-state index is 12.1. The first kappa shape index (κ1) is 13.4. The van der Waals surface area contributed by atoms with Crippen LogP contribution in [0.5, 0.6) is 0 Å². The predicted molar refractivity (Wildman–Crippen MR) is 79.4 cm³/mol. The molecule has 0 bridgehead atoms. The second-order valence-corrected chi connectivity index (χ2v) is 6.68. The molecule has 0 saturated carbocycles. The van der Waals surface area contributed by atoms with Crippen molar-refractivity contribution < 1.29 is 4.79 Å². The number of ketones is 1. The Morgan fingerprint density at radius 1 is 1.25 bits per heavy atom. The van der Waals surface area contributed by atoms with Crippen LogP contribution in [0.4, 0.5) is 0 Å². The third-order valence-electron chi connectivity index (χ3n) is 3.42. The Morgan fingerprint density at radius 3 is 2.80 bits per heavy atom. The fraction of sp³-hybridized carbons (Fsp3) is 0.333. The highest BCUT2D eigenvalue weighted by molar-refractivity contribution is 9.10. The van der Waals surface area contributed by atoms with Crippen molar-refractivity contribution >= 4 is 21.7 Å². The highest BCUT2D eigenvalue weighted by atomic mass is 79.9. The van der Waals surface area contributed by atoms with E-state index in [0.717, 1.165) is 16.6 Å². The SMILES string of the molecule is CC1(C)CC(=O)c2cnc(-c3ncccc3Br)nc2C1. The van der Waals surface area contributed by atoms with Crippen LogP contribution in [0.1, 0.15) is 36.3 Å². The summed E-state index contributed by atoms with van der Waals surface area (Å²) in [5.41, 5.74) is 2.14. The van der Waals surface area contributed by atoms with Crippen molar-refractivity contribution in [3.63, 3.8) is 0 Å². The van der Waals surface area contributed by atoms with Crippen LogP contribution in [0.25, 0.3) is 11.5 Å². The summed E-state index contributed by atoms with van der Waals surface area (Å²) in [5.74, 6) is 0.685. The minimum atomic E-state index is -0.0446. The molecule has 0 saturated heterocycles. The monoisotopic (exact) mass is 331 g/mol. The molecule has 0 N–H and O–H groups in total. The molecule has 2 heterocycles. The lowest BCUT2D eigenvalue weighted by atomic mass is 9.76. The molecule has 102 valence electrons. The first-order valence-electron chi connectivity index (χ1n) is 6.46. The van der Waals surface area contributed by atoms with Gasteiger partial charge in [-0.05, 0) is 39.9 Å². The number of carbonyl (C=O) groups excluding carboxylic acids is 1. The molecule has 1 aliphatic rings. The second-order valence-electron chi connectivity index (χ2n) is 5.83. The first-order valence-corrected chi connectivity index (χ1v) is 7.26. The summed E-state index contributed by atoms with van der Waals surface area (Å²) in [6.45, 7) is 4.18. The molecule has 0 radical (unpaired) electrons. The number of carbonyl (C=O) groups is 1. The van der Waals surface area contributed by atoms with E-state index in [0.29, 0.717) is 23.5 Å². The zero-order valence-corrected chi connectivity index (χ0v) is 12.9. The van der Waals surface area contributed by atoms with E-state index in [9.17, 15) is 4.79 Å². The van der Waals surface area contributed by atoms with Gasteiger partial charge in [0.1, 0.15) is 5.69 Å². The molecule has 2 aromatic heterocycles. The number of fused-ring (bicyclic) bond motifs is 1. The van der Waals surface area contributed by atoms with Crippen LogP contribution in [-0.2, 0) is 6.42 Å². The van der Waals surface area contributed by atoms with E-state index in [1.807, 2.05) is 12.1 Å². The molecule has 5 heteroatoms. The van der Waals surface area contributed by atoms with E-state index >= 15 is 0 Å².